The van der Waals surface area contributed by atoms with Crippen molar-refractivity contribution in [3.8, 4) is 11.5 Å². The van der Waals surface area contributed by atoms with E-state index in [0.29, 0.717) is 23.8 Å². The molecule has 1 aliphatic carbocycles. The molecule has 2 aromatic carbocycles. The van der Waals surface area contributed by atoms with Crippen LogP contribution in [0.2, 0.25) is 0 Å². The van der Waals surface area contributed by atoms with Crippen LogP contribution in [0.25, 0.3) is 22.6 Å². The molecule has 3 aromatic rings. The van der Waals surface area contributed by atoms with Gasteiger partial charge in [0.25, 0.3) is 5.91 Å². The van der Waals surface area contributed by atoms with Crippen LogP contribution >= 0.6 is 0 Å². The first-order chi connectivity index (χ1) is 15.4. The lowest BCUT2D eigenvalue weighted by molar-refractivity contribution is -0.122. The SMILES string of the molecule is CC[C@@H](C)CC(=O)N[C@H]1CC[C@@H](N(C)C(=O)c2ccc(-c3nc4ccccc4o3)cc2)C1. The Labute approximate surface area is 189 Å². The van der Waals surface area contributed by atoms with Gasteiger partial charge in [-0.1, -0.05) is 32.4 Å². The highest BCUT2D eigenvalue weighted by atomic mass is 16.3. The van der Waals surface area contributed by atoms with Crippen LogP contribution in [-0.2, 0) is 4.79 Å². The lowest BCUT2D eigenvalue weighted by atomic mass is 10.0. The second kappa shape index (κ2) is 9.55. The summed E-state index contributed by atoms with van der Waals surface area (Å²) in [6.45, 7) is 4.20. The van der Waals surface area contributed by atoms with Crippen LogP contribution in [0.5, 0.6) is 0 Å². The average molecular weight is 434 g/mol. The van der Waals surface area contributed by atoms with E-state index < -0.39 is 0 Å². The second-order valence-corrected chi connectivity index (χ2v) is 8.93. The van der Waals surface area contributed by atoms with E-state index >= 15 is 0 Å². The van der Waals surface area contributed by atoms with Gasteiger partial charge in [-0.05, 0) is 61.6 Å². The molecule has 0 spiro atoms. The molecule has 0 aliphatic heterocycles. The highest BCUT2D eigenvalue weighted by Crippen LogP contribution is 2.27. The van der Waals surface area contributed by atoms with Crippen LogP contribution in [-0.4, -0.2) is 40.8 Å². The number of rotatable bonds is 7. The monoisotopic (exact) mass is 433 g/mol. The average Bonchev–Trinajstić information content (AvgIpc) is 3.45. The number of hydrogen-bond donors (Lipinski definition) is 1. The van der Waals surface area contributed by atoms with Gasteiger partial charge in [0.15, 0.2) is 5.58 Å². The molecule has 1 heterocycles. The number of hydrogen-bond acceptors (Lipinski definition) is 4. The van der Waals surface area contributed by atoms with Gasteiger partial charge in [-0.25, -0.2) is 4.98 Å². The standard InChI is InChI=1S/C26H31N3O3/c1-4-17(2)15-24(30)27-20-13-14-21(16-20)29(3)26(31)19-11-9-18(10-12-19)25-28-22-7-5-6-8-23(22)32-25/h5-12,17,20-21H,4,13-16H2,1-3H3,(H,27,30)/t17-,20+,21-/m1/s1. The van der Waals surface area contributed by atoms with Crippen LogP contribution in [0.15, 0.2) is 52.9 Å². The molecule has 1 aromatic heterocycles. The third kappa shape index (κ3) is 4.85. The first kappa shape index (κ1) is 22.1. The smallest absolute Gasteiger partial charge is 0.253 e. The highest BCUT2D eigenvalue weighted by molar-refractivity contribution is 5.94. The normalized spacial score (nSPS) is 19.1. The molecular weight excluding hydrogens is 402 g/mol. The number of amides is 2. The zero-order valence-electron chi connectivity index (χ0n) is 19.0. The van der Waals surface area contributed by atoms with Gasteiger partial charge in [-0.15, -0.1) is 0 Å². The molecule has 6 heteroatoms. The summed E-state index contributed by atoms with van der Waals surface area (Å²) >= 11 is 0. The van der Waals surface area contributed by atoms with Gasteiger partial charge in [0, 0.05) is 36.7 Å². The Hall–Kier alpha value is -3.15. The zero-order chi connectivity index (χ0) is 22.7. The van der Waals surface area contributed by atoms with Crippen molar-refractivity contribution in [3.63, 3.8) is 0 Å². The van der Waals surface area contributed by atoms with Crippen molar-refractivity contribution in [3.05, 3.63) is 54.1 Å². The number of para-hydroxylation sites is 2. The summed E-state index contributed by atoms with van der Waals surface area (Å²) in [5.41, 5.74) is 3.03. The Bertz CT molecular complexity index is 1060. The summed E-state index contributed by atoms with van der Waals surface area (Å²) in [6.07, 6.45) is 4.18. The molecule has 32 heavy (non-hydrogen) atoms. The maximum atomic E-state index is 13.0. The topological polar surface area (TPSA) is 75.4 Å². The quantitative estimate of drug-likeness (QED) is 0.566. The van der Waals surface area contributed by atoms with Gasteiger partial charge in [0.05, 0.1) is 0 Å². The van der Waals surface area contributed by atoms with Crippen molar-refractivity contribution < 1.29 is 14.0 Å². The lowest BCUT2D eigenvalue weighted by Gasteiger charge is -2.25. The summed E-state index contributed by atoms with van der Waals surface area (Å²) in [7, 11) is 1.85. The Morgan fingerprint density at radius 1 is 1.16 bits per heavy atom. The molecule has 0 saturated heterocycles. The summed E-state index contributed by atoms with van der Waals surface area (Å²) < 4.78 is 5.82. The fourth-order valence-electron chi connectivity index (χ4n) is 4.31. The van der Waals surface area contributed by atoms with Crippen LogP contribution in [0.4, 0.5) is 0 Å². The van der Waals surface area contributed by atoms with Crippen LogP contribution in [0, 0.1) is 5.92 Å². The molecule has 2 amide bonds. The van der Waals surface area contributed by atoms with Gasteiger partial charge in [0.1, 0.15) is 5.52 Å². The molecule has 0 radical (unpaired) electrons. The number of nitrogens with one attached hydrogen (secondary N) is 1. The van der Waals surface area contributed by atoms with Gasteiger partial charge in [-0.2, -0.15) is 0 Å². The van der Waals surface area contributed by atoms with E-state index in [4.69, 9.17) is 4.42 Å². The van der Waals surface area contributed by atoms with Crippen LogP contribution < -0.4 is 5.32 Å². The maximum absolute atomic E-state index is 13.0. The minimum Gasteiger partial charge on any atom is -0.436 e. The summed E-state index contributed by atoms with van der Waals surface area (Å²) in [4.78, 5) is 31.6. The molecule has 0 bridgehead atoms. The molecule has 0 unspecified atom stereocenters. The van der Waals surface area contributed by atoms with Gasteiger partial charge < -0.3 is 14.6 Å². The number of fused-ring (bicyclic) bond motifs is 1. The molecule has 1 N–H and O–H groups in total. The minimum atomic E-state index is -0.00861. The largest absolute Gasteiger partial charge is 0.436 e. The molecule has 1 aliphatic rings. The highest BCUT2D eigenvalue weighted by Gasteiger charge is 2.31. The third-order valence-corrected chi connectivity index (χ3v) is 6.54. The van der Waals surface area contributed by atoms with E-state index in [1.807, 2.05) is 60.5 Å². The van der Waals surface area contributed by atoms with E-state index in [-0.39, 0.29) is 23.9 Å². The van der Waals surface area contributed by atoms with Crippen LogP contribution in [0.1, 0.15) is 56.3 Å². The maximum Gasteiger partial charge on any atom is 0.253 e. The van der Waals surface area contributed by atoms with E-state index in [1.165, 1.54) is 0 Å². The van der Waals surface area contributed by atoms with E-state index in [2.05, 4.69) is 24.1 Å². The van der Waals surface area contributed by atoms with Crippen molar-refractivity contribution in [2.45, 2.75) is 58.0 Å². The van der Waals surface area contributed by atoms with Crippen LogP contribution in [0.3, 0.4) is 0 Å². The third-order valence-electron chi connectivity index (χ3n) is 6.54. The fourth-order valence-corrected chi connectivity index (χ4v) is 4.31. The van der Waals surface area contributed by atoms with Gasteiger partial charge in [0.2, 0.25) is 11.8 Å². The second-order valence-electron chi connectivity index (χ2n) is 8.93. The lowest BCUT2D eigenvalue weighted by Crippen LogP contribution is -2.38. The number of carbonyl (C=O) groups excluding carboxylic acids is 2. The molecular formula is C26H31N3O3. The van der Waals surface area contributed by atoms with E-state index in [1.54, 1.807) is 0 Å². The summed E-state index contributed by atoms with van der Waals surface area (Å²) in [5, 5.41) is 3.15. The van der Waals surface area contributed by atoms with Crippen molar-refractivity contribution >= 4 is 22.9 Å². The Morgan fingerprint density at radius 3 is 2.62 bits per heavy atom. The first-order valence-electron chi connectivity index (χ1n) is 11.5. The summed E-state index contributed by atoms with van der Waals surface area (Å²) in [5.74, 6) is 1.05. The number of oxazole rings is 1. The van der Waals surface area contributed by atoms with E-state index in [9.17, 15) is 9.59 Å². The first-order valence-corrected chi connectivity index (χ1v) is 11.5. The van der Waals surface area contributed by atoms with Crippen molar-refractivity contribution in [2.75, 3.05) is 7.05 Å². The Morgan fingerprint density at radius 2 is 1.91 bits per heavy atom. The Balaban J connectivity index is 1.36. The van der Waals surface area contributed by atoms with Crippen molar-refractivity contribution in [1.29, 1.82) is 0 Å². The molecule has 1 fully saturated rings. The number of carbonyl (C=O) groups is 2. The fraction of sp³-hybridized carbons (Fsp3) is 0.423. The molecule has 168 valence electrons. The molecule has 1 saturated carbocycles. The molecule has 6 nitrogen and oxygen atoms in total. The minimum absolute atomic E-state index is 0.00861. The van der Waals surface area contributed by atoms with Gasteiger partial charge in [-0.3, -0.25) is 9.59 Å². The van der Waals surface area contributed by atoms with Crippen molar-refractivity contribution in [2.24, 2.45) is 5.92 Å². The van der Waals surface area contributed by atoms with Crippen molar-refractivity contribution in [1.82, 2.24) is 15.2 Å². The predicted octanol–water partition coefficient (Wildman–Crippen LogP) is 5.04. The zero-order valence-corrected chi connectivity index (χ0v) is 19.0. The molecule has 3 atom stereocenters. The summed E-state index contributed by atoms with van der Waals surface area (Å²) in [6, 6.07) is 15.3. The number of benzene rings is 2. The van der Waals surface area contributed by atoms with E-state index in [0.717, 1.165) is 42.3 Å². The Kier molecular flexibility index (Phi) is 6.58. The predicted molar refractivity (Wildman–Crippen MR) is 125 cm³/mol. The van der Waals surface area contributed by atoms with Gasteiger partial charge >= 0.3 is 0 Å². The molecule has 4 rings (SSSR count). The number of aromatic nitrogens is 1. The number of nitrogens with zero attached hydrogens (tertiary/aromatic N) is 2.